The molecule has 0 radical (unpaired) electrons. The quantitative estimate of drug-likeness (QED) is 0.594. The molecule has 0 unspecified atom stereocenters. The maximum Gasteiger partial charge on any atom is 0.322 e. The van der Waals surface area contributed by atoms with Crippen molar-refractivity contribution in [1.29, 1.82) is 0 Å². The van der Waals surface area contributed by atoms with E-state index in [1.165, 1.54) is 0 Å². The van der Waals surface area contributed by atoms with Gasteiger partial charge in [-0.25, -0.2) is 9.48 Å². The first kappa shape index (κ1) is 25.4. The van der Waals surface area contributed by atoms with Crippen LogP contribution in [0, 0.1) is 6.92 Å². The van der Waals surface area contributed by atoms with Gasteiger partial charge in [0.25, 0.3) is 0 Å². The van der Waals surface area contributed by atoms with Crippen LogP contribution in [-0.2, 0) is 15.7 Å². The van der Waals surface area contributed by atoms with Gasteiger partial charge < -0.3 is 15.5 Å². The zero-order chi connectivity index (χ0) is 24.1. The van der Waals surface area contributed by atoms with E-state index in [0.717, 1.165) is 24.1 Å². The minimum Gasteiger partial charge on any atom is -0.315 e. The van der Waals surface area contributed by atoms with E-state index in [2.05, 4.69) is 38.3 Å². The number of aryl methyl sites for hydroxylation is 1. The van der Waals surface area contributed by atoms with Crippen LogP contribution in [0.25, 0.3) is 0 Å². The molecule has 0 saturated heterocycles. The fourth-order valence-electron chi connectivity index (χ4n) is 3.14. The summed E-state index contributed by atoms with van der Waals surface area (Å²) < 4.78 is 1.84. The summed E-state index contributed by atoms with van der Waals surface area (Å²) in [4.78, 5) is 27.4. The highest BCUT2D eigenvalue weighted by atomic mass is 16.2. The van der Waals surface area contributed by atoms with Crippen molar-refractivity contribution in [3.63, 3.8) is 0 Å². The van der Waals surface area contributed by atoms with Crippen molar-refractivity contribution >= 4 is 23.4 Å². The third-order valence-corrected chi connectivity index (χ3v) is 5.09. The molecular formula is C25H39N5O2. The molecule has 7 heteroatoms. The Kier molecular flexibility index (Phi) is 8.10. The monoisotopic (exact) mass is 441 g/mol. The predicted molar refractivity (Wildman–Crippen MR) is 131 cm³/mol. The van der Waals surface area contributed by atoms with Crippen molar-refractivity contribution in [2.45, 2.75) is 79.2 Å². The molecule has 0 aliphatic heterocycles. The molecule has 176 valence electrons. The van der Waals surface area contributed by atoms with Crippen LogP contribution in [0.4, 0.5) is 16.3 Å². The molecule has 1 aromatic heterocycles. The summed E-state index contributed by atoms with van der Waals surface area (Å²) in [6.45, 7) is 17.0. The number of hydrogen-bond acceptors (Lipinski definition) is 3. The molecule has 2 N–H and O–H groups in total. The van der Waals surface area contributed by atoms with Crippen molar-refractivity contribution in [2.24, 2.45) is 0 Å². The summed E-state index contributed by atoms with van der Waals surface area (Å²) in [6, 6.07) is 9.25. The maximum absolute atomic E-state index is 13.0. The van der Waals surface area contributed by atoms with Crippen LogP contribution < -0.4 is 10.6 Å². The smallest absolute Gasteiger partial charge is 0.315 e. The van der Waals surface area contributed by atoms with Gasteiger partial charge in [0.1, 0.15) is 12.4 Å². The van der Waals surface area contributed by atoms with Crippen LogP contribution >= 0.6 is 0 Å². The van der Waals surface area contributed by atoms with Crippen LogP contribution in [0.15, 0.2) is 30.3 Å². The number of benzene rings is 1. The standard InChI is InChI=1S/C25H39N5O2/c1-9-10-15-29(23(32)26-19-13-11-18(2)12-14-19)17-22(31)27-21-16-20(24(3,4)5)28-30(21)25(6,7)8/h11-14,16H,9-10,15,17H2,1-8H3,(H,26,32)(H,27,31). The van der Waals surface area contributed by atoms with E-state index in [1.54, 1.807) is 4.90 Å². The molecule has 0 fully saturated rings. The van der Waals surface area contributed by atoms with Crippen LogP contribution in [0.1, 0.15) is 72.6 Å². The summed E-state index contributed by atoms with van der Waals surface area (Å²) in [5.41, 5.74) is 2.30. The number of hydrogen-bond donors (Lipinski definition) is 2. The summed E-state index contributed by atoms with van der Waals surface area (Å²) in [5.74, 6) is 0.396. The Morgan fingerprint density at radius 1 is 1.03 bits per heavy atom. The number of carbonyl (C=O) groups excluding carboxylic acids is 2. The number of amides is 3. The lowest BCUT2D eigenvalue weighted by Gasteiger charge is -2.25. The van der Waals surface area contributed by atoms with Crippen molar-refractivity contribution in [3.8, 4) is 0 Å². The Balaban J connectivity index is 2.17. The molecule has 0 saturated carbocycles. The Labute approximate surface area is 192 Å². The molecule has 32 heavy (non-hydrogen) atoms. The summed E-state index contributed by atoms with van der Waals surface area (Å²) >= 11 is 0. The fraction of sp³-hybridized carbons (Fsp3) is 0.560. The number of nitrogens with zero attached hydrogens (tertiary/aromatic N) is 3. The van der Waals surface area contributed by atoms with E-state index in [1.807, 2.05) is 62.7 Å². The largest absolute Gasteiger partial charge is 0.322 e. The van der Waals surface area contributed by atoms with Crippen LogP contribution in [0.3, 0.4) is 0 Å². The third kappa shape index (κ3) is 7.11. The molecule has 2 rings (SSSR count). The average molecular weight is 442 g/mol. The number of carbonyl (C=O) groups is 2. The summed E-state index contributed by atoms with van der Waals surface area (Å²) in [7, 11) is 0. The maximum atomic E-state index is 13.0. The van der Waals surface area contributed by atoms with E-state index in [4.69, 9.17) is 5.10 Å². The van der Waals surface area contributed by atoms with Gasteiger partial charge in [-0.2, -0.15) is 5.10 Å². The zero-order valence-corrected chi connectivity index (χ0v) is 20.9. The van der Waals surface area contributed by atoms with Crippen LogP contribution in [0.2, 0.25) is 0 Å². The number of nitrogens with one attached hydrogen (secondary N) is 2. The molecular weight excluding hydrogens is 402 g/mol. The first-order chi connectivity index (χ1) is 14.8. The molecule has 2 aromatic rings. The van der Waals surface area contributed by atoms with Crippen molar-refractivity contribution in [1.82, 2.24) is 14.7 Å². The summed E-state index contributed by atoms with van der Waals surface area (Å²) in [6.07, 6.45) is 1.75. The van der Waals surface area contributed by atoms with Crippen LogP contribution in [-0.4, -0.2) is 39.7 Å². The highest BCUT2D eigenvalue weighted by molar-refractivity contribution is 5.96. The summed E-state index contributed by atoms with van der Waals surface area (Å²) in [5, 5.41) is 10.6. The van der Waals surface area contributed by atoms with E-state index in [0.29, 0.717) is 18.1 Å². The Bertz CT molecular complexity index is 917. The molecule has 0 aliphatic rings. The lowest BCUT2D eigenvalue weighted by Crippen LogP contribution is -2.41. The molecule has 7 nitrogen and oxygen atoms in total. The normalized spacial score (nSPS) is 11.9. The molecule has 1 heterocycles. The SMILES string of the molecule is CCCCN(CC(=O)Nc1cc(C(C)(C)C)nn1C(C)(C)C)C(=O)Nc1ccc(C)cc1. The third-order valence-electron chi connectivity index (χ3n) is 5.09. The number of unbranched alkanes of at least 4 members (excludes halogenated alkanes) is 1. The number of rotatable bonds is 7. The Hall–Kier alpha value is -2.83. The van der Waals surface area contributed by atoms with Gasteiger partial charge >= 0.3 is 6.03 Å². The Morgan fingerprint density at radius 3 is 2.19 bits per heavy atom. The van der Waals surface area contributed by atoms with Crippen LogP contribution in [0.5, 0.6) is 0 Å². The van der Waals surface area contributed by atoms with Gasteiger partial charge in [0, 0.05) is 23.7 Å². The minimum atomic E-state index is -0.295. The van der Waals surface area contributed by atoms with E-state index in [-0.39, 0.29) is 29.4 Å². The topological polar surface area (TPSA) is 79.3 Å². The first-order valence-electron chi connectivity index (χ1n) is 11.3. The van der Waals surface area contributed by atoms with E-state index < -0.39 is 0 Å². The molecule has 3 amide bonds. The first-order valence-corrected chi connectivity index (χ1v) is 11.3. The Morgan fingerprint density at radius 2 is 1.66 bits per heavy atom. The van der Waals surface area contributed by atoms with Gasteiger partial charge in [-0.1, -0.05) is 51.8 Å². The number of anilines is 2. The van der Waals surface area contributed by atoms with Crippen molar-refractivity contribution in [2.75, 3.05) is 23.7 Å². The number of aromatic nitrogens is 2. The molecule has 0 spiro atoms. The van der Waals surface area contributed by atoms with E-state index >= 15 is 0 Å². The molecule has 0 aliphatic carbocycles. The highest BCUT2D eigenvalue weighted by Gasteiger charge is 2.26. The van der Waals surface area contributed by atoms with E-state index in [9.17, 15) is 9.59 Å². The van der Waals surface area contributed by atoms with Crippen molar-refractivity contribution < 1.29 is 9.59 Å². The van der Waals surface area contributed by atoms with Gasteiger partial charge in [-0.05, 0) is 46.2 Å². The van der Waals surface area contributed by atoms with Gasteiger partial charge in [-0.3, -0.25) is 4.79 Å². The lowest BCUT2D eigenvalue weighted by molar-refractivity contribution is -0.116. The average Bonchev–Trinajstić information content (AvgIpc) is 3.11. The van der Waals surface area contributed by atoms with Gasteiger partial charge in [0.05, 0.1) is 11.2 Å². The molecule has 0 atom stereocenters. The fourth-order valence-corrected chi connectivity index (χ4v) is 3.14. The minimum absolute atomic E-state index is 0.0299. The van der Waals surface area contributed by atoms with Gasteiger partial charge in [-0.15, -0.1) is 0 Å². The van der Waals surface area contributed by atoms with Crippen molar-refractivity contribution in [3.05, 3.63) is 41.6 Å². The second kappa shape index (κ2) is 10.2. The van der Waals surface area contributed by atoms with Gasteiger partial charge in [0.15, 0.2) is 0 Å². The second-order valence-electron chi connectivity index (χ2n) is 10.4. The number of urea groups is 1. The molecule has 1 aromatic carbocycles. The highest BCUT2D eigenvalue weighted by Crippen LogP contribution is 2.28. The lowest BCUT2D eigenvalue weighted by atomic mass is 9.92. The van der Waals surface area contributed by atoms with Gasteiger partial charge in [0.2, 0.25) is 5.91 Å². The molecule has 0 bridgehead atoms. The second-order valence-corrected chi connectivity index (χ2v) is 10.4. The predicted octanol–water partition coefficient (Wildman–Crippen LogP) is 5.52. The zero-order valence-electron chi connectivity index (χ0n) is 20.9.